The van der Waals surface area contributed by atoms with Crippen LogP contribution in [0.2, 0.25) is 0 Å². The highest BCUT2D eigenvalue weighted by molar-refractivity contribution is 5.62. The first-order valence-corrected chi connectivity index (χ1v) is 9.09. The van der Waals surface area contributed by atoms with Gasteiger partial charge in [-0.05, 0) is 42.3 Å². The van der Waals surface area contributed by atoms with Gasteiger partial charge in [-0.2, -0.15) is 0 Å². The summed E-state index contributed by atoms with van der Waals surface area (Å²) in [6, 6.07) is 8.72. The third-order valence-electron chi connectivity index (χ3n) is 4.40. The van der Waals surface area contributed by atoms with Gasteiger partial charge in [0.2, 0.25) is 5.75 Å². The summed E-state index contributed by atoms with van der Waals surface area (Å²) in [7, 11) is 6.14. The predicted molar refractivity (Wildman–Crippen MR) is 110 cm³/mol. The first kappa shape index (κ1) is 22.4. The Labute approximate surface area is 171 Å². The number of ether oxygens (including phenoxy) is 5. The minimum atomic E-state index is -0.932. The van der Waals surface area contributed by atoms with Crippen LogP contribution in [0.15, 0.2) is 36.4 Å². The highest BCUT2D eigenvalue weighted by Crippen LogP contribution is 2.41. The van der Waals surface area contributed by atoms with Crippen LogP contribution < -0.4 is 23.7 Å². The fourth-order valence-electron chi connectivity index (χ4n) is 2.86. The van der Waals surface area contributed by atoms with E-state index in [4.69, 9.17) is 28.8 Å². The van der Waals surface area contributed by atoms with Gasteiger partial charge in [0.1, 0.15) is 12.2 Å². The molecule has 0 aliphatic carbocycles. The van der Waals surface area contributed by atoms with Gasteiger partial charge in [-0.3, -0.25) is 0 Å². The van der Waals surface area contributed by atoms with E-state index in [0.717, 1.165) is 5.56 Å². The molecule has 158 valence electrons. The van der Waals surface area contributed by atoms with E-state index in [1.807, 2.05) is 0 Å². The summed E-state index contributed by atoms with van der Waals surface area (Å²) in [6.45, 7) is 1.68. The molecule has 7 nitrogen and oxygen atoms in total. The molecule has 2 atom stereocenters. The summed E-state index contributed by atoms with van der Waals surface area (Å²) < 4.78 is 27.4. The van der Waals surface area contributed by atoms with Gasteiger partial charge in [-0.25, -0.2) is 0 Å². The van der Waals surface area contributed by atoms with E-state index >= 15 is 0 Å². The van der Waals surface area contributed by atoms with Crippen molar-refractivity contribution < 1.29 is 33.9 Å². The lowest BCUT2D eigenvalue weighted by atomic mass is 10.0. The van der Waals surface area contributed by atoms with Crippen molar-refractivity contribution in [1.82, 2.24) is 0 Å². The van der Waals surface area contributed by atoms with Crippen LogP contribution in [-0.2, 0) is 0 Å². The molecule has 2 aromatic rings. The molecule has 0 spiro atoms. The van der Waals surface area contributed by atoms with Crippen molar-refractivity contribution in [2.75, 3.05) is 35.0 Å². The predicted octanol–water partition coefficient (Wildman–Crippen LogP) is 3.23. The molecular formula is C22H28O7. The fourth-order valence-corrected chi connectivity index (χ4v) is 2.86. The monoisotopic (exact) mass is 404 g/mol. The van der Waals surface area contributed by atoms with Crippen LogP contribution in [0.5, 0.6) is 28.7 Å². The summed E-state index contributed by atoms with van der Waals surface area (Å²) in [6.07, 6.45) is 1.81. The van der Waals surface area contributed by atoms with Crippen molar-refractivity contribution >= 4 is 6.08 Å². The van der Waals surface area contributed by atoms with Crippen LogP contribution >= 0.6 is 0 Å². The van der Waals surface area contributed by atoms with Crippen molar-refractivity contribution in [1.29, 1.82) is 0 Å². The molecule has 29 heavy (non-hydrogen) atoms. The van der Waals surface area contributed by atoms with E-state index < -0.39 is 12.2 Å². The molecule has 7 heteroatoms. The van der Waals surface area contributed by atoms with Crippen molar-refractivity contribution in [3.8, 4) is 28.7 Å². The summed E-state index contributed by atoms with van der Waals surface area (Å²) >= 11 is 0. The summed E-state index contributed by atoms with van der Waals surface area (Å²) in [5.74, 6) is 2.38. The molecule has 0 heterocycles. The summed E-state index contributed by atoms with van der Waals surface area (Å²) in [5.41, 5.74) is 1.41. The van der Waals surface area contributed by atoms with E-state index in [-0.39, 0.29) is 6.61 Å². The topological polar surface area (TPSA) is 86.6 Å². The minimum Gasteiger partial charge on any atom is -0.493 e. The smallest absolute Gasteiger partial charge is 0.203 e. The molecule has 0 aliphatic rings. The molecule has 0 saturated heterocycles. The highest BCUT2D eigenvalue weighted by atomic mass is 16.5. The normalized spacial score (nSPS) is 13.1. The highest BCUT2D eigenvalue weighted by Gasteiger charge is 2.23. The second kappa shape index (κ2) is 10.6. The maximum atomic E-state index is 10.8. The first-order valence-electron chi connectivity index (χ1n) is 9.09. The maximum Gasteiger partial charge on any atom is 0.203 e. The van der Waals surface area contributed by atoms with Gasteiger partial charge >= 0.3 is 0 Å². The second-order valence-electron chi connectivity index (χ2n) is 6.22. The van der Waals surface area contributed by atoms with Crippen LogP contribution in [0.3, 0.4) is 0 Å². The molecule has 0 aromatic heterocycles. The average Bonchev–Trinajstić information content (AvgIpc) is 2.76. The Kier molecular flexibility index (Phi) is 8.18. The maximum absolute atomic E-state index is 10.8. The lowest BCUT2D eigenvalue weighted by Gasteiger charge is -2.24. The number of rotatable bonds is 10. The Bertz CT molecular complexity index is 807. The van der Waals surface area contributed by atoms with E-state index in [1.54, 1.807) is 56.5 Å². The molecule has 2 rings (SSSR count). The molecule has 0 bridgehead atoms. The zero-order valence-electron chi connectivity index (χ0n) is 17.3. The van der Waals surface area contributed by atoms with Gasteiger partial charge in [0.15, 0.2) is 23.0 Å². The largest absolute Gasteiger partial charge is 0.493 e. The van der Waals surface area contributed by atoms with Crippen LogP contribution in [0, 0.1) is 0 Å². The SMILES string of the molecule is COc1ccc([C@H](O)[C@@H](C)Oc2c(OC)cc(/C=C/CO)cc2OC)cc1OC. The Morgan fingerprint density at radius 3 is 1.97 bits per heavy atom. The van der Waals surface area contributed by atoms with Crippen molar-refractivity contribution in [2.24, 2.45) is 0 Å². The lowest BCUT2D eigenvalue weighted by Crippen LogP contribution is -2.22. The van der Waals surface area contributed by atoms with Gasteiger partial charge in [0.25, 0.3) is 0 Å². The Morgan fingerprint density at radius 1 is 0.862 bits per heavy atom. The van der Waals surface area contributed by atoms with E-state index in [9.17, 15) is 5.11 Å². The number of hydrogen-bond acceptors (Lipinski definition) is 7. The van der Waals surface area contributed by atoms with Crippen LogP contribution in [-0.4, -0.2) is 51.4 Å². The molecule has 0 radical (unpaired) electrons. The standard InChI is InChI=1S/C22H28O7/c1-14(21(24)16-8-9-17(25-2)18(13-16)26-3)29-22-19(27-4)11-15(7-6-10-23)12-20(22)28-5/h6-9,11-14,21,23-24H,10H2,1-5H3/b7-6+/t14-,21-/m1/s1. The fraction of sp³-hybridized carbons (Fsp3) is 0.364. The average molecular weight is 404 g/mol. The molecule has 0 fully saturated rings. The number of aliphatic hydroxyl groups excluding tert-OH is 2. The molecular weight excluding hydrogens is 376 g/mol. The number of hydrogen-bond donors (Lipinski definition) is 2. The molecule has 2 aromatic carbocycles. The van der Waals surface area contributed by atoms with Gasteiger partial charge in [0.05, 0.1) is 35.0 Å². The zero-order valence-corrected chi connectivity index (χ0v) is 17.3. The van der Waals surface area contributed by atoms with Gasteiger partial charge in [-0.15, -0.1) is 0 Å². The van der Waals surface area contributed by atoms with Crippen LogP contribution in [0.4, 0.5) is 0 Å². The van der Waals surface area contributed by atoms with Gasteiger partial charge in [-0.1, -0.05) is 18.2 Å². The number of methoxy groups -OCH3 is 4. The van der Waals surface area contributed by atoms with Crippen LogP contribution in [0.1, 0.15) is 24.2 Å². The number of benzene rings is 2. The minimum absolute atomic E-state index is 0.0720. The summed E-state index contributed by atoms with van der Waals surface area (Å²) in [5, 5.41) is 19.8. The molecule has 0 amide bonds. The van der Waals surface area contributed by atoms with E-state index in [0.29, 0.717) is 34.3 Å². The van der Waals surface area contributed by atoms with Crippen molar-refractivity contribution in [3.63, 3.8) is 0 Å². The van der Waals surface area contributed by atoms with E-state index in [1.165, 1.54) is 21.3 Å². The Balaban J connectivity index is 2.31. The second-order valence-corrected chi connectivity index (χ2v) is 6.22. The van der Waals surface area contributed by atoms with E-state index in [2.05, 4.69) is 0 Å². The first-order chi connectivity index (χ1) is 14.0. The Morgan fingerprint density at radius 2 is 1.45 bits per heavy atom. The number of aliphatic hydroxyl groups is 2. The molecule has 2 N–H and O–H groups in total. The molecule has 0 unspecified atom stereocenters. The molecule has 0 aliphatic heterocycles. The third-order valence-corrected chi connectivity index (χ3v) is 4.40. The third kappa shape index (κ3) is 5.34. The molecule has 0 saturated carbocycles. The Hall–Kier alpha value is -2.90. The van der Waals surface area contributed by atoms with Crippen molar-refractivity contribution in [2.45, 2.75) is 19.1 Å². The summed E-state index contributed by atoms with van der Waals surface area (Å²) in [4.78, 5) is 0. The van der Waals surface area contributed by atoms with Gasteiger partial charge in [0, 0.05) is 0 Å². The van der Waals surface area contributed by atoms with Gasteiger partial charge < -0.3 is 33.9 Å². The van der Waals surface area contributed by atoms with Crippen LogP contribution in [0.25, 0.3) is 6.08 Å². The van der Waals surface area contributed by atoms with Crippen molar-refractivity contribution in [3.05, 3.63) is 47.5 Å². The quantitative estimate of drug-likeness (QED) is 0.629. The zero-order chi connectivity index (χ0) is 21.4. The lowest BCUT2D eigenvalue weighted by molar-refractivity contribution is 0.0433.